The van der Waals surface area contributed by atoms with Crippen molar-refractivity contribution in [2.45, 2.75) is 39.7 Å². The van der Waals surface area contributed by atoms with Gasteiger partial charge in [-0.15, -0.1) is 0 Å². The molecule has 0 bridgehead atoms. The van der Waals surface area contributed by atoms with Gasteiger partial charge in [0.1, 0.15) is 0 Å². The molecule has 4 heteroatoms. The van der Waals surface area contributed by atoms with Crippen LogP contribution in [0.15, 0.2) is 4.99 Å². The van der Waals surface area contributed by atoms with E-state index < -0.39 is 0 Å². The Morgan fingerprint density at radius 1 is 1.47 bits per heavy atom. The quantitative estimate of drug-likeness (QED) is 0.816. The molecule has 1 N–H and O–H groups in total. The Labute approximate surface area is 109 Å². The number of aliphatic imine (C=N–C) groups is 1. The molecule has 0 aromatic heterocycles. The van der Waals surface area contributed by atoms with Crippen LogP contribution in [-0.2, 0) is 0 Å². The van der Waals surface area contributed by atoms with Crippen LogP contribution >= 0.6 is 11.8 Å². The summed E-state index contributed by atoms with van der Waals surface area (Å²) < 4.78 is 0. The summed E-state index contributed by atoms with van der Waals surface area (Å²) in [4.78, 5) is 7.19. The zero-order chi connectivity index (χ0) is 12.3. The lowest BCUT2D eigenvalue weighted by Crippen LogP contribution is -2.37. The molecule has 2 rings (SSSR count). The van der Waals surface area contributed by atoms with Crippen LogP contribution in [0, 0.1) is 5.41 Å². The molecule has 0 atom stereocenters. The predicted molar refractivity (Wildman–Crippen MR) is 76.8 cm³/mol. The maximum atomic E-state index is 4.62. The molecular formula is C13H25N3S. The van der Waals surface area contributed by atoms with Gasteiger partial charge in [0.15, 0.2) is 5.17 Å². The third kappa shape index (κ3) is 4.18. The molecule has 1 aliphatic carbocycles. The van der Waals surface area contributed by atoms with Crippen molar-refractivity contribution < 1.29 is 0 Å². The van der Waals surface area contributed by atoms with Gasteiger partial charge >= 0.3 is 0 Å². The first kappa shape index (κ1) is 13.2. The Morgan fingerprint density at radius 3 is 2.76 bits per heavy atom. The number of rotatable bonds is 5. The van der Waals surface area contributed by atoms with Crippen molar-refractivity contribution in [1.29, 1.82) is 0 Å². The molecule has 1 aliphatic heterocycles. The molecule has 0 amide bonds. The number of hydrogen-bond donors (Lipinski definition) is 1. The summed E-state index contributed by atoms with van der Waals surface area (Å²) in [5.74, 6) is 1.18. The van der Waals surface area contributed by atoms with E-state index in [0.717, 1.165) is 30.8 Å². The van der Waals surface area contributed by atoms with Gasteiger partial charge in [-0.3, -0.25) is 9.89 Å². The minimum atomic E-state index is 0.374. The molecule has 0 aromatic rings. The molecule has 0 spiro atoms. The fraction of sp³-hybridized carbons (Fsp3) is 0.923. The molecule has 17 heavy (non-hydrogen) atoms. The summed E-state index contributed by atoms with van der Waals surface area (Å²) in [5.41, 5.74) is 0.374. The predicted octanol–water partition coefficient (Wildman–Crippen LogP) is 2.19. The fourth-order valence-corrected chi connectivity index (χ4v) is 3.07. The van der Waals surface area contributed by atoms with Gasteiger partial charge in [-0.25, -0.2) is 0 Å². The number of likely N-dealkylation sites (N-methyl/N-ethyl adjacent to an activating group) is 1. The average molecular weight is 255 g/mol. The second-order valence-electron chi connectivity index (χ2n) is 5.86. The molecule has 0 saturated heterocycles. The lowest BCUT2D eigenvalue weighted by molar-refractivity contribution is 0.282. The highest BCUT2D eigenvalue weighted by atomic mass is 32.2. The first-order valence-electron chi connectivity index (χ1n) is 6.76. The van der Waals surface area contributed by atoms with E-state index >= 15 is 0 Å². The smallest absolute Gasteiger partial charge is 0.156 e. The van der Waals surface area contributed by atoms with Gasteiger partial charge in [0.2, 0.25) is 0 Å². The minimum Gasteiger partial charge on any atom is -0.364 e. The summed E-state index contributed by atoms with van der Waals surface area (Å²) in [6.45, 7) is 11.2. The number of nitrogens with one attached hydrogen (secondary N) is 1. The zero-order valence-corrected chi connectivity index (χ0v) is 12.1. The molecule has 2 aliphatic rings. The van der Waals surface area contributed by atoms with E-state index in [1.54, 1.807) is 0 Å². The second-order valence-corrected chi connectivity index (χ2v) is 6.82. The monoisotopic (exact) mass is 255 g/mol. The second kappa shape index (κ2) is 5.61. The van der Waals surface area contributed by atoms with Crippen LogP contribution in [0.1, 0.15) is 33.6 Å². The Kier molecular flexibility index (Phi) is 4.36. The molecule has 0 unspecified atom stereocenters. The van der Waals surface area contributed by atoms with Crippen molar-refractivity contribution in [1.82, 2.24) is 10.2 Å². The topological polar surface area (TPSA) is 27.6 Å². The van der Waals surface area contributed by atoms with Crippen molar-refractivity contribution in [2.75, 3.05) is 31.9 Å². The van der Waals surface area contributed by atoms with E-state index in [9.17, 15) is 0 Å². The van der Waals surface area contributed by atoms with E-state index in [1.807, 2.05) is 11.8 Å². The number of amidine groups is 1. The standard InChI is InChI=1S/C13H25N3S/c1-4-16(11-5-6-11)8-7-14-12-15-9-13(2,3)10-17-12/h11H,4-10H2,1-3H3,(H,14,15). The van der Waals surface area contributed by atoms with Gasteiger partial charge in [-0.05, 0) is 24.8 Å². The third-order valence-electron chi connectivity index (χ3n) is 3.40. The first-order chi connectivity index (χ1) is 8.11. The molecule has 0 aromatic carbocycles. The summed E-state index contributed by atoms with van der Waals surface area (Å²) in [7, 11) is 0. The van der Waals surface area contributed by atoms with Crippen LogP contribution in [0.25, 0.3) is 0 Å². The Hall–Kier alpha value is -0.220. The van der Waals surface area contributed by atoms with Crippen LogP contribution in [0.3, 0.4) is 0 Å². The Morgan fingerprint density at radius 2 is 2.24 bits per heavy atom. The average Bonchev–Trinajstić information content (AvgIpc) is 3.10. The molecule has 0 radical (unpaired) electrons. The van der Waals surface area contributed by atoms with E-state index in [-0.39, 0.29) is 0 Å². The summed E-state index contributed by atoms with van der Waals surface area (Å²) in [6.07, 6.45) is 2.80. The highest BCUT2D eigenvalue weighted by Gasteiger charge is 2.27. The summed E-state index contributed by atoms with van der Waals surface area (Å²) >= 11 is 1.87. The number of thioether (sulfide) groups is 1. The van der Waals surface area contributed by atoms with E-state index in [2.05, 4.69) is 36.0 Å². The van der Waals surface area contributed by atoms with Crippen molar-refractivity contribution >= 4 is 16.9 Å². The number of hydrogen-bond acceptors (Lipinski definition) is 4. The van der Waals surface area contributed by atoms with Crippen LogP contribution in [0.2, 0.25) is 0 Å². The van der Waals surface area contributed by atoms with Crippen molar-refractivity contribution in [3.05, 3.63) is 0 Å². The zero-order valence-electron chi connectivity index (χ0n) is 11.3. The van der Waals surface area contributed by atoms with Gasteiger partial charge in [-0.2, -0.15) is 0 Å². The number of nitrogens with zero attached hydrogens (tertiary/aromatic N) is 2. The molecule has 1 saturated carbocycles. The van der Waals surface area contributed by atoms with Gasteiger partial charge in [0.25, 0.3) is 0 Å². The van der Waals surface area contributed by atoms with Crippen LogP contribution in [0.5, 0.6) is 0 Å². The van der Waals surface area contributed by atoms with Crippen molar-refractivity contribution in [3.8, 4) is 0 Å². The fourth-order valence-electron chi connectivity index (χ4n) is 2.09. The molecule has 98 valence electrons. The van der Waals surface area contributed by atoms with Crippen LogP contribution in [0.4, 0.5) is 0 Å². The summed E-state index contributed by atoms with van der Waals surface area (Å²) in [5, 5.41) is 4.63. The van der Waals surface area contributed by atoms with E-state index in [1.165, 1.54) is 25.1 Å². The third-order valence-corrected chi connectivity index (χ3v) is 4.87. The summed E-state index contributed by atoms with van der Waals surface area (Å²) in [6, 6.07) is 0.877. The van der Waals surface area contributed by atoms with Gasteiger partial charge in [-0.1, -0.05) is 32.5 Å². The van der Waals surface area contributed by atoms with Gasteiger partial charge in [0.05, 0.1) is 0 Å². The maximum absolute atomic E-state index is 4.62. The van der Waals surface area contributed by atoms with Crippen LogP contribution < -0.4 is 5.32 Å². The molecule has 1 heterocycles. The lowest BCUT2D eigenvalue weighted by atomic mass is 9.97. The SMILES string of the molecule is CCN(CCNC1=NCC(C)(C)CS1)C1CC1. The molecule has 1 fully saturated rings. The molecular weight excluding hydrogens is 230 g/mol. The van der Waals surface area contributed by atoms with E-state index in [4.69, 9.17) is 0 Å². The van der Waals surface area contributed by atoms with Crippen LogP contribution in [-0.4, -0.2) is 48.0 Å². The highest BCUT2D eigenvalue weighted by Crippen LogP contribution is 2.27. The minimum absolute atomic E-state index is 0.374. The molecule has 3 nitrogen and oxygen atoms in total. The van der Waals surface area contributed by atoms with Crippen molar-refractivity contribution in [2.24, 2.45) is 10.4 Å². The van der Waals surface area contributed by atoms with Crippen molar-refractivity contribution in [3.63, 3.8) is 0 Å². The largest absolute Gasteiger partial charge is 0.364 e. The highest BCUT2D eigenvalue weighted by molar-refractivity contribution is 8.13. The Bertz CT molecular complexity index is 284. The Balaban J connectivity index is 1.66. The van der Waals surface area contributed by atoms with E-state index in [0.29, 0.717) is 5.41 Å². The van der Waals surface area contributed by atoms with Gasteiger partial charge in [0, 0.05) is 31.4 Å². The maximum Gasteiger partial charge on any atom is 0.156 e. The lowest BCUT2D eigenvalue weighted by Gasteiger charge is -2.28. The normalized spacial score (nSPS) is 23.6. The first-order valence-corrected chi connectivity index (χ1v) is 7.74. The van der Waals surface area contributed by atoms with Gasteiger partial charge < -0.3 is 5.32 Å².